The van der Waals surface area contributed by atoms with Gasteiger partial charge in [0.05, 0.1) is 17.6 Å². The molecule has 0 fully saturated rings. The van der Waals surface area contributed by atoms with Gasteiger partial charge in [-0.3, -0.25) is 4.72 Å². The van der Waals surface area contributed by atoms with Crippen molar-refractivity contribution in [1.82, 2.24) is 4.98 Å². The van der Waals surface area contributed by atoms with Crippen LogP contribution in [-0.4, -0.2) is 13.4 Å². The first kappa shape index (κ1) is 16.0. The predicted molar refractivity (Wildman–Crippen MR) is 83.3 cm³/mol. The van der Waals surface area contributed by atoms with Crippen LogP contribution in [0.2, 0.25) is 5.15 Å². The van der Waals surface area contributed by atoms with Crippen molar-refractivity contribution in [2.24, 2.45) is 0 Å². The lowest BCUT2D eigenvalue weighted by Crippen LogP contribution is -2.14. The van der Waals surface area contributed by atoms with Crippen LogP contribution in [0.3, 0.4) is 0 Å². The molecule has 0 atom stereocenters. The molecule has 0 bridgehead atoms. The molecule has 1 aromatic heterocycles. The van der Waals surface area contributed by atoms with Gasteiger partial charge >= 0.3 is 0 Å². The molecular formula is C12H10BrClFN3O2S. The quantitative estimate of drug-likeness (QED) is 0.618. The summed E-state index contributed by atoms with van der Waals surface area (Å²) in [5, 5.41) is 0.283. The van der Waals surface area contributed by atoms with Crippen LogP contribution in [0.1, 0.15) is 5.56 Å². The van der Waals surface area contributed by atoms with Gasteiger partial charge in [-0.05, 0) is 46.6 Å². The van der Waals surface area contributed by atoms with Gasteiger partial charge in [-0.25, -0.2) is 17.8 Å². The molecule has 0 aliphatic heterocycles. The largest absolute Gasteiger partial charge is 0.396 e. The van der Waals surface area contributed by atoms with E-state index in [-0.39, 0.29) is 25.9 Å². The number of nitrogens with one attached hydrogen (secondary N) is 1. The molecule has 112 valence electrons. The molecule has 2 rings (SSSR count). The lowest BCUT2D eigenvalue weighted by atomic mass is 10.3. The zero-order valence-corrected chi connectivity index (χ0v) is 13.9. The molecular weight excluding hydrogens is 385 g/mol. The Labute approximate surface area is 134 Å². The van der Waals surface area contributed by atoms with E-state index >= 15 is 0 Å². The van der Waals surface area contributed by atoms with E-state index in [2.05, 4.69) is 25.6 Å². The zero-order valence-electron chi connectivity index (χ0n) is 10.7. The van der Waals surface area contributed by atoms with E-state index in [1.165, 1.54) is 12.3 Å². The predicted octanol–water partition coefficient (Wildman–Crippen LogP) is 3.33. The van der Waals surface area contributed by atoms with Crippen LogP contribution in [0.4, 0.5) is 15.8 Å². The minimum Gasteiger partial charge on any atom is -0.396 e. The van der Waals surface area contributed by atoms with Crippen LogP contribution in [0.15, 0.2) is 33.8 Å². The maximum absolute atomic E-state index is 13.3. The summed E-state index contributed by atoms with van der Waals surface area (Å²) < 4.78 is 40.3. The van der Waals surface area contributed by atoms with Crippen molar-refractivity contribution in [2.45, 2.75) is 11.8 Å². The molecule has 21 heavy (non-hydrogen) atoms. The molecule has 0 radical (unpaired) electrons. The van der Waals surface area contributed by atoms with E-state index in [0.717, 1.165) is 12.1 Å². The van der Waals surface area contributed by atoms with E-state index < -0.39 is 15.8 Å². The molecule has 5 nitrogen and oxygen atoms in total. The minimum absolute atomic E-state index is 0.0698. The maximum atomic E-state index is 13.3. The van der Waals surface area contributed by atoms with Crippen molar-refractivity contribution < 1.29 is 12.8 Å². The highest BCUT2D eigenvalue weighted by Crippen LogP contribution is 2.28. The Morgan fingerprint density at radius 2 is 2.05 bits per heavy atom. The van der Waals surface area contributed by atoms with Gasteiger partial charge in [0.1, 0.15) is 15.9 Å². The molecule has 1 aromatic carbocycles. The number of nitrogens with zero attached hydrogens (tertiary/aromatic N) is 1. The van der Waals surface area contributed by atoms with E-state index in [9.17, 15) is 12.8 Å². The average Bonchev–Trinajstić information content (AvgIpc) is 2.37. The highest BCUT2D eigenvalue weighted by Gasteiger charge is 2.20. The third kappa shape index (κ3) is 3.45. The van der Waals surface area contributed by atoms with Crippen LogP contribution >= 0.6 is 27.5 Å². The van der Waals surface area contributed by atoms with Gasteiger partial charge in [-0.2, -0.15) is 0 Å². The van der Waals surface area contributed by atoms with Crippen LogP contribution in [0, 0.1) is 12.7 Å². The fraction of sp³-hybridized carbons (Fsp3) is 0.0833. The fourth-order valence-electron chi connectivity index (χ4n) is 1.57. The number of benzene rings is 1. The SMILES string of the molecule is Cc1cc(NS(=O)(=O)c2cc(N)c(F)cc2Br)cnc1Cl. The normalized spacial score (nSPS) is 11.4. The third-order valence-electron chi connectivity index (χ3n) is 2.61. The summed E-state index contributed by atoms with van der Waals surface area (Å²) in [6, 6.07) is 3.57. The van der Waals surface area contributed by atoms with Gasteiger partial charge in [-0.15, -0.1) is 0 Å². The Morgan fingerprint density at radius 3 is 2.67 bits per heavy atom. The number of hydrogen-bond donors (Lipinski definition) is 2. The molecule has 2 aromatic rings. The summed E-state index contributed by atoms with van der Waals surface area (Å²) in [7, 11) is -3.94. The number of rotatable bonds is 3. The van der Waals surface area contributed by atoms with Gasteiger partial charge in [0.25, 0.3) is 10.0 Å². The molecule has 0 aliphatic rings. The highest BCUT2D eigenvalue weighted by molar-refractivity contribution is 9.10. The Balaban J connectivity index is 2.43. The highest BCUT2D eigenvalue weighted by atomic mass is 79.9. The van der Waals surface area contributed by atoms with E-state index in [4.69, 9.17) is 17.3 Å². The number of halogens is 3. The first-order valence-electron chi connectivity index (χ1n) is 5.60. The fourth-order valence-corrected chi connectivity index (χ4v) is 3.76. The molecule has 0 aliphatic carbocycles. The molecule has 0 spiro atoms. The van der Waals surface area contributed by atoms with Crippen LogP contribution in [0.5, 0.6) is 0 Å². The molecule has 0 saturated heterocycles. The van der Waals surface area contributed by atoms with Gasteiger partial charge in [0.2, 0.25) is 0 Å². The Kier molecular flexibility index (Phi) is 4.40. The Bertz CT molecular complexity index is 814. The number of anilines is 2. The molecule has 0 amide bonds. The molecule has 1 heterocycles. The molecule has 3 N–H and O–H groups in total. The first-order valence-corrected chi connectivity index (χ1v) is 8.25. The van der Waals surface area contributed by atoms with Crippen molar-refractivity contribution in [3.63, 3.8) is 0 Å². The van der Waals surface area contributed by atoms with E-state index in [1.807, 2.05) is 0 Å². The van der Waals surface area contributed by atoms with Crippen molar-refractivity contribution in [3.8, 4) is 0 Å². The molecule has 0 saturated carbocycles. The standard InChI is InChI=1S/C12H10BrClFN3O2S/c1-6-2-7(5-17-12(6)14)18-21(19,20)11-4-10(16)9(15)3-8(11)13/h2-5,18H,16H2,1H3. The van der Waals surface area contributed by atoms with Gasteiger partial charge in [0.15, 0.2) is 0 Å². The summed E-state index contributed by atoms with van der Waals surface area (Å²) in [5.41, 5.74) is 6.01. The second kappa shape index (κ2) is 5.78. The average molecular weight is 395 g/mol. The number of pyridine rings is 1. The van der Waals surface area contributed by atoms with Crippen molar-refractivity contribution >= 4 is 48.9 Å². The first-order chi connectivity index (χ1) is 9.70. The number of nitrogens with two attached hydrogens (primary N) is 1. The van der Waals surface area contributed by atoms with E-state index in [0.29, 0.717) is 5.56 Å². The molecule has 9 heteroatoms. The second-order valence-corrected chi connectivity index (χ2v) is 7.10. The summed E-state index contributed by atoms with van der Waals surface area (Å²) in [6.45, 7) is 1.69. The van der Waals surface area contributed by atoms with Crippen LogP contribution in [-0.2, 0) is 10.0 Å². The molecule has 0 unspecified atom stereocenters. The van der Waals surface area contributed by atoms with Gasteiger partial charge in [0, 0.05) is 4.47 Å². The Hall–Kier alpha value is -1.38. The lowest BCUT2D eigenvalue weighted by Gasteiger charge is -2.11. The lowest BCUT2D eigenvalue weighted by molar-refractivity contribution is 0.599. The summed E-state index contributed by atoms with van der Waals surface area (Å²) in [5.74, 6) is -0.704. The number of aromatic nitrogens is 1. The third-order valence-corrected chi connectivity index (χ3v) is 5.34. The second-order valence-electron chi connectivity index (χ2n) is 4.24. The number of aryl methyl sites for hydroxylation is 1. The zero-order chi connectivity index (χ0) is 15.8. The van der Waals surface area contributed by atoms with Crippen molar-refractivity contribution in [2.75, 3.05) is 10.5 Å². The summed E-state index contributed by atoms with van der Waals surface area (Å²) >= 11 is 8.78. The number of sulfonamides is 1. The van der Waals surface area contributed by atoms with Gasteiger partial charge < -0.3 is 5.73 Å². The van der Waals surface area contributed by atoms with Gasteiger partial charge in [-0.1, -0.05) is 11.6 Å². The Morgan fingerprint density at radius 1 is 1.38 bits per heavy atom. The summed E-state index contributed by atoms with van der Waals surface area (Å²) in [6.07, 6.45) is 1.29. The van der Waals surface area contributed by atoms with Crippen LogP contribution in [0.25, 0.3) is 0 Å². The van der Waals surface area contributed by atoms with Crippen molar-refractivity contribution in [3.05, 3.63) is 45.4 Å². The monoisotopic (exact) mass is 393 g/mol. The summed E-state index contributed by atoms with van der Waals surface area (Å²) in [4.78, 5) is 3.68. The topological polar surface area (TPSA) is 85.1 Å². The smallest absolute Gasteiger partial charge is 0.263 e. The van der Waals surface area contributed by atoms with Crippen molar-refractivity contribution in [1.29, 1.82) is 0 Å². The maximum Gasteiger partial charge on any atom is 0.263 e. The van der Waals surface area contributed by atoms with E-state index in [1.54, 1.807) is 6.92 Å². The van der Waals surface area contributed by atoms with Crippen LogP contribution < -0.4 is 10.5 Å². The number of hydrogen-bond acceptors (Lipinski definition) is 4. The number of nitrogen functional groups attached to an aromatic ring is 1. The minimum atomic E-state index is -3.94.